The van der Waals surface area contributed by atoms with Crippen LogP contribution in [-0.4, -0.2) is 31.7 Å². The lowest BCUT2D eigenvalue weighted by molar-refractivity contribution is -0.253. The molecule has 3 heterocycles. The van der Waals surface area contributed by atoms with Crippen LogP contribution in [0.3, 0.4) is 0 Å². The van der Waals surface area contributed by atoms with Gasteiger partial charge in [0, 0.05) is 43.0 Å². The maximum absolute atomic E-state index is 13.1. The quantitative estimate of drug-likeness (QED) is 0.472. The maximum atomic E-state index is 13.1. The van der Waals surface area contributed by atoms with Crippen LogP contribution < -0.4 is 10.1 Å². The van der Waals surface area contributed by atoms with Crippen LogP contribution in [0.1, 0.15) is 0 Å². The van der Waals surface area contributed by atoms with Crippen molar-refractivity contribution in [2.45, 2.75) is 12.5 Å². The molecule has 1 aromatic carbocycles. The highest BCUT2D eigenvalue weighted by Gasteiger charge is 2.44. The largest absolute Gasteiger partial charge is 0.461 e. The molecular weight excluding hydrogens is 390 g/mol. The van der Waals surface area contributed by atoms with Gasteiger partial charge in [0.25, 0.3) is 0 Å². The molecular formula is C19H15F4N5O. The number of ether oxygens (including phenoxy) is 1. The van der Waals surface area contributed by atoms with Crippen molar-refractivity contribution in [2.75, 3.05) is 5.32 Å². The summed E-state index contributed by atoms with van der Waals surface area (Å²) in [7, 11) is 1.82. The second-order valence-corrected chi connectivity index (χ2v) is 6.27. The number of hydrogen-bond acceptors (Lipinski definition) is 4. The van der Waals surface area contributed by atoms with Crippen molar-refractivity contribution in [3.63, 3.8) is 0 Å². The minimum atomic E-state index is -4.57. The minimum Gasteiger partial charge on any atom is -0.428 e. The van der Waals surface area contributed by atoms with Crippen molar-refractivity contribution < 1.29 is 22.3 Å². The van der Waals surface area contributed by atoms with Gasteiger partial charge in [0.15, 0.2) is 5.82 Å². The van der Waals surface area contributed by atoms with Crippen molar-refractivity contribution in [3.05, 3.63) is 61.2 Å². The number of benzene rings is 1. The Morgan fingerprint density at radius 2 is 2.00 bits per heavy atom. The minimum absolute atomic E-state index is 0.359. The predicted molar refractivity (Wildman–Crippen MR) is 98.7 cm³/mol. The molecule has 0 aliphatic carbocycles. The van der Waals surface area contributed by atoms with Gasteiger partial charge in [-0.05, 0) is 24.3 Å². The number of anilines is 2. The van der Waals surface area contributed by atoms with Crippen LogP contribution in [0, 0.1) is 0 Å². The third kappa shape index (κ3) is 3.73. The van der Waals surface area contributed by atoms with Gasteiger partial charge in [-0.2, -0.15) is 22.7 Å². The van der Waals surface area contributed by atoms with Gasteiger partial charge in [0.05, 0.1) is 17.4 Å². The number of halogens is 4. The number of alkyl halides is 4. The first-order chi connectivity index (χ1) is 13.8. The summed E-state index contributed by atoms with van der Waals surface area (Å²) in [5.74, 6) is 0.0686. The molecule has 0 bridgehead atoms. The SMILES string of the molecule is Cn1cc(-c2ccc3c(Nc4cccc(OC(F)(F)C(F)F)c4)nccn23)cn1. The van der Waals surface area contributed by atoms with E-state index in [1.165, 1.54) is 18.2 Å². The Labute approximate surface area is 162 Å². The molecule has 0 amide bonds. The summed E-state index contributed by atoms with van der Waals surface area (Å²) in [4.78, 5) is 4.29. The second-order valence-electron chi connectivity index (χ2n) is 6.27. The zero-order valence-corrected chi connectivity index (χ0v) is 15.1. The summed E-state index contributed by atoms with van der Waals surface area (Å²) in [6.45, 7) is 0. The van der Waals surface area contributed by atoms with E-state index in [1.54, 1.807) is 29.3 Å². The topological polar surface area (TPSA) is 56.4 Å². The molecule has 0 unspecified atom stereocenters. The lowest BCUT2D eigenvalue weighted by Gasteiger charge is -2.17. The summed E-state index contributed by atoms with van der Waals surface area (Å²) in [5, 5.41) is 7.17. The third-order valence-electron chi connectivity index (χ3n) is 4.19. The summed E-state index contributed by atoms with van der Waals surface area (Å²) < 4.78 is 58.7. The number of rotatable bonds is 6. The lowest BCUT2D eigenvalue weighted by atomic mass is 10.3. The number of aromatic nitrogens is 4. The number of hydrogen-bond donors (Lipinski definition) is 1. The fourth-order valence-corrected chi connectivity index (χ4v) is 2.90. The van der Waals surface area contributed by atoms with Crippen molar-refractivity contribution in [1.29, 1.82) is 0 Å². The smallest absolute Gasteiger partial charge is 0.428 e. The molecule has 10 heteroatoms. The highest BCUT2D eigenvalue weighted by atomic mass is 19.3. The van der Waals surface area contributed by atoms with Gasteiger partial charge in [0.1, 0.15) is 5.75 Å². The fourth-order valence-electron chi connectivity index (χ4n) is 2.90. The van der Waals surface area contributed by atoms with Crippen LogP contribution in [0.25, 0.3) is 16.8 Å². The van der Waals surface area contributed by atoms with Crippen LogP contribution in [0.5, 0.6) is 5.75 Å². The van der Waals surface area contributed by atoms with E-state index in [-0.39, 0.29) is 0 Å². The van der Waals surface area contributed by atoms with Crippen LogP contribution in [0.15, 0.2) is 61.2 Å². The molecule has 0 saturated carbocycles. The van der Waals surface area contributed by atoms with E-state index in [4.69, 9.17) is 0 Å². The summed E-state index contributed by atoms with van der Waals surface area (Å²) in [6.07, 6.45) is -1.53. The van der Waals surface area contributed by atoms with E-state index in [9.17, 15) is 17.6 Å². The first-order valence-corrected chi connectivity index (χ1v) is 8.50. The van der Waals surface area contributed by atoms with Gasteiger partial charge < -0.3 is 14.5 Å². The Kier molecular flexibility index (Phi) is 4.61. The van der Waals surface area contributed by atoms with Crippen molar-refractivity contribution in [3.8, 4) is 17.0 Å². The molecule has 3 aromatic heterocycles. The maximum Gasteiger partial charge on any atom is 0.461 e. The molecule has 6 nitrogen and oxygen atoms in total. The highest BCUT2D eigenvalue weighted by molar-refractivity contribution is 5.78. The van der Waals surface area contributed by atoms with Crippen LogP contribution in [0.4, 0.5) is 29.1 Å². The summed E-state index contributed by atoms with van der Waals surface area (Å²) >= 11 is 0. The van der Waals surface area contributed by atoms with Gasteiger partial charge in [-0.3, -0.25) is 4.68 Å². The lowest BCUT2D eigenvalue weighted by Crippen LogP contribution is -2.33. The molecule has 0 atom stereocenters. The van der Waals surface area contributed by atoms with E-state index >= 15 is 0 Å². The Balaban J connectivity index is 1.64. The molecule has 29 heavy (non-hydrogen) atoms. The van der Waals surface area contributed by atoms with Crippen molar-refractivity contribution in [2.24, 2.45) is 7.05 Å². The van der Waals surface area contributed by atoms with E-state index in [0.29, 0.717) is 11.5 Å². The summed E-state index contributed by atoms with van der Waals surface area (Å²) in [5.41, 5.74) is 2.90. The third-order valence-corrected chi connectivity index (χ3v) is 4.19. The Hall–Kier alpha value is -3.56. The average molecular weight is 405 g/mol. The molecule has 4 aromatic rings. The fraction of sp³-hybridized carbons (Fsp3) is 0.158. The zero-order chi connectivity index (χ0) is 20.6. The van der Waals surface area contributed by atoms with Gasteiger partial charge >= 0.3 is 12.5 Å². The van der Waals surface area contributed by atoms with Crippen LogP contribution >= 0.6 is 0 Å². The Bertz CT molecular complexity index is 1150. The number of aryl methyl sites for hydroxylation is 1. The molecule has 0 radical (unpaired) electrons. The Morgan fingerprint density at radius 3 is 2.72 bits per heavy atom. The standard InChI is InChI=1S/C19H15F4N5O/c1-27-11-12(10-25-27)15-5-6-16-17(24-7-8-28(15)16)26-13-3-2-4-14(9-13)29-19(22,23)18(20)21/h2-11,18H,1H3,(H,24,26). The van der Waals surface area contributed by atoms with E-state index in [1.807, 2.05) is 29.8 Å². The normalized spacial score (nSPS) is 11.9. The zero-order valence-electron chi connectivity index (χ0n) is 15.1. The van der Waals surface area contributed by atoms with Gasteiger partial charge in [0.2, 0.25) is 0 Å². The molecule has 0 aliphatic rings. The number of fused-ring (bicyclic) bond motifs is 1. The number of nitrogens with one attached hydrogen (secondary N) is 1. The van der Waals surface area contributed by atoms with Gasteiger partial charge in [-0.1, -0.05) is 6.07 Å². The monoisotopic (exact) mass is 405 g/mol. The van der Waals surface area contributed by atoms with Gasteiger partial charge in [-0.15, -0.1) is 0 Å². The van der Waals surface area contributed by atoms with E-state index < -0.39 is 18.3 Å². The first-order valence-electron chi connectivity index (χ1n) is 8.50. The second kappa shape index (κ2) is 7.12. The molecule has 0 fully saturated rings. The average Bonchev–Trinajstić information content (AvgIpc) is 3.28. The molecule has 4 rings (SSSR count). The summed E-state index contributed by atoms with van der Waals surface area (Å²) in [6, 6.07) is 9.13. The number of nitrogens with zero attached hydrogens (tertiary/aromatic N) is 4. The van der Waals surface area contributed by atoms with Crippen LogP contribution in [-0.2, 0) is 7.05 Å². The molecule has 150 valence electrons. The molecule has 0 spiro atoms. The van der Waals surface area contributed by atoms with Crippen LogP contribution in [0.2, 0.25) is 0 Å². The molecule has 0 saturated heterocycles. The molecule has 1 N–H and O–H groups in total. The predicted octanol–water partition coefficient (Wildman–Crippen LogP) is 4.72. The Morgan fingerprint density at radius 1 is 1.17 bits per heavy atom. The van der Waals surface area contributed by atoms with E-state index in [2.05, 4.69) is 20.1 Å². The highest BCUT2D eigenvalue weighted by Crippen LogP contribution is 2.31. The van der Waals surface area contributed by atoms with Crippen molar-refractivity contribution in [1.82, 2.24) is 19.2 Å². The first kappa shape index (κ1) is 18.8. The van der Waals surface area contributed by atoms with Gasteiger partial charge in [-0.25, -0.2) is 4.98 Å². The van der Waals surface area contributed by atoms with Crippen molar-refractivity contribution >= 4 is 17.0 Å². The van der Waals surface area contributed by atoms with E-state index in [0.717, 1.165) is 16.8 Å². The molecule has 0 aliphatic heterocycles.